The maximum absolute atomic E-state index is 12.8. The van der Waals surface area contributed by atoms with Gasteiger partial charge in [0, 0.05) is 24.1 Å². The van der Waals surface area contributed by atoms with Gasteiger partial charge in [0.2, 0.25) is 10.0 Å². The van der Waals surface area contributed by atoms with Crippen LogP contribution < -0.4 is 9.47 Å². The monoisotopic (exact) mass is 399 g/mol. The van der Waals surface area contributed by atoms with Crippen LogP contribution in [-0.4, -0.2) is 34.0 Å². The summed E-state index contributed by atoms with van der Waals surface area (Å²) in [6, 6.07) is 12.2. The fraction of sp³-hybridized carbons (Fsp3) is 0.250. The van der Waals surface area contributed by atoms with Gasteiger partial charge in [-0.05, 0) is 29.8 Å². The van der Waals surface area contributed by atoms with Crippen molar-refractivity contribution in [2.75, 3.05) is 21.3 Å². The van der Waals surface area contributed by atoms with Crippen LogP contribution in [0, 0.1) is 0 Å². The van der Waals surface area contributed by atoms with E-state index < -0.39 is 10.0 Å². The van der Waals surface area contributed by atoms with Crippen molar-refractivity contribution in [3.05, 3.63) is 52.5 Å². The summed E-state index contributed by atoms with van der Waals surface area (Å²) < 4.78 is 38.2. The number of nitrogens with zero attached hydrogens (tertiary/aromatic N) is 1. The molecule has 0 fully saturated rings. The first-order valence-electron chi connectivity index (χ1n) is 6.81. The molecule has 7 heteroatoms. The molecule has 0 spiro atoms. The quantitative estimate of drug-likeness (QED) is 0.747. The van der Waals surface area contributed by atoms with E-state index in [1.54, 1.807) is 12.1 Å². The first kappa shape index (κ1) is 17.8. The molecular formula is C16H18BrNO4S. The predicted molar refractivity (Wildman–Crippen MR) is 92.3 cm³/mol. The van der Waals surface area contributed by atoms with Crippen molar-refractivity contribution in [3.8, 4) is 11.5 Å². The molecular weight excluding hydrogens is 382 g/mol. The van der Waals surface area contributed by atoms with Gasteiger partial charge in [0.25, 0.3) is 0 Å². The largest absolute Gasteiger partial charge is 0.497 e. The summed E-state index contributed by atoms with van der Waals surface area (Å²) in [5.74, 6) is 0.745. The molecule has 0 aliphatic heterocycles. The number of methoxy groups -OCH3 is 2. The zero-order chi connectivity index (χ0) is 17.0. The summed E-state index contributed by atoms with van der Waals surface area (Å²) in [6.45, 7) is 0.260. The van der Waals surface area contributed by atoms with E-state index in [2.05, 4.69) is 15.9 Å². The molecule has 0 N–H and O–H groups in total. The highest BCUT2D eigenvalue weighted by Crippen LogP contribution is 2.30. The van der Waals surface area contributed by atoms with Gasteiger partial charge in [0.15, 0.2) is 0 Å². The highest BCUT2D eigenvalue weighted by molar-refractivity contribution is 9.10. The maximum Gasteiger partial charge on any atom is 0.246 e. The third kappa shape index (κ3) is 4.04. The number of sulfonamides is 1. The van der Waals surface area contributed by atoms with Crippen molar-refractivity contribution in [2.45, 2.75) is 11.4 Å². The second kappa shape index (κ2) is 7.33. The second-order valence-corrected chi connectivity index (χ2v) is 7.83. The molecule has 0 radical (unpaired) electrons. The van der Waals surface area contributed by atoms with E-state index in [0.717, 1.165) is 10.0 Å². The summed E-state index contributed by atoms with van der Waals surface area (Å²) >= 11 is 3.36. The molecule has 0 saturated carbocycles. The molecule has 124 valence electrons. The van der Waals surface area contributed by atoms with Crippen LogP contribution >= 0.6 is 15.9 Å². The molecule has 0 aliphatic rings. The lowest BCUT2D eigenvalue weighted by molar-refractivity contribution is 0.388. The van der Waals surface area contributed by atoms with Gasteiger partial charge in [-0.3, -0.25) is 0 Å². The molecule has 2 aromatic rings. The maximum atomic E-state index is 12.8. The first-order chi connectivity index (χ1) is 10.9. The van der Waals surface area contributed by atoms with Crippen molar-refractivity contribution < 1.29 is 17.9 Å². The normalized spacial score (nSPS) is 11.5. The number of hydrogen-bond donors (Lipinski definition) is 0. The van der Waals surface area contributed by atoms with Crippen molar-refractivity contribution in [2.24, 2.45) is 0 Å². The Balaban J connectivity index is 2.35. The minimum Gasteiger partial charge on any atom is -0.497 e. The molecule has 23 heavy (non-hydrogen) atoms. The van der Waals surface area contributed by atoms with Gasteiger partial charge in [0.05, 0.1) is 14.2 Å². The van der Waals surface area contributed by atoms with E-state index in [4.69, 9.17) is 9.47 Å². The summed E-state index contributed by atoms with van der Waals surface area (Å²) in [5.41, 5.74) is 0.890. The van der Waals surface area contributed by atoms with Gasteiger partial charge < -0.3 is 9.47 Å². The van der Waals surface area contributed by atoms with Crippen LogP contribution in [-0.2, 0) is 16.6 Å². The van der Waals surface area contributed by atoms with Crippen LogP contribution in [0.2, 0.25) is 0 Å². The fourth-order valence-electron chi connectivity index (χ4n) is 2.09. The number of hydrogen-bond acceptors (Lipinski definition) is 4. The molecule has 0 atom stereocenters. The summed E-state index contributed by atoms with van der Waals surface area (Å²) in [6.07, 6.45) is 0. The van der Waals surface area contributed by atoms with Crippen molar-refractivity contribution in [1.82, 2.24) is 4.31 Å². The Morgan fingerprint density at radius 2 is 1.70 bits per heavy atom. The van der Waals surface area contributed by atoms with Crippen LogP contribution in [0.25, 0.3) is 0 Å². The average molecular weight is 400 g/mol. The van der Waals surface area contributed by atoms with E-state index in [9.17, 15) is 8.42 Å². The average Bonchev–Trinajstić information content (AvgIpc) is 2.56. The molecule has 0 amide bonds. The van der Waals surface area contributed by atoms with Crippen LogP contribution in [0.4, 0.5) is 0 Å². The van der Waals surface area contributed by atoms with Gasteiger partial charge in [-0.1, -0.05) is 28.1 Å². The highest BCUT2D eigenvalue weighted by Gasteiger charge is 2.25. The smallest absolute Gasteiger partial charge is 0.246 e. The molecule has 5 nitrogen and oxygen atoms in total. The van der Waals surface area contributed by atoms with Gasteiger partial charge >= 0.3 is 0 Å². The molecule has 0 unspecified atom stereocenters. The number of rotatable bonds is 6. The number of ether oxygens (including phenoxy) is 2. The van der Waals surface area contributed by atoms with E-state index in [-0.39, 0.29) is 17.2 Å². The Kier molecular flexibility index (Phi) is 5.67. The third-order valence-corrected chi connectivity index (χ3v) is 5.73. The van der Waals surface area contributed by atoms with Crippen LogP contribution in [0.5, 0.6) is 11.5 Å². The molecule has 2 rings (SSSR count). The van der Waals surface area contributed by atoms with Crippen molar-refractivity contribution in [1.29, 1.82) is 0 Å². The minimum atomic E-state index is -3.71. The zero-order valence-corrected chi connectivity index (χ0v) is 15.5. The van der Waals surface area contributed by atoms with Crippen molar-refractivity contribution >= 4 is 26.0 Å². The molecule has 0 aromatic heterocycles. The highest BCUT2D eigenvalue weighted by atomic mass is 79.9. The molecule has 0 heterocycles. The topological polar surface area (TPSA) is 55.8 Å². The predicted octanol–water partition coefficient (Wildman–Crippen LogP) is 3.29. The van der Waals surface area contributed by atoms with E-state index in [1.807, 2.05) is 24.3 Å². The lowest BCUT2D eigenvalue weighted by atomic mass is 10.2. The Morgan fingerprint density at radius 3 is 2.26 bits per heavy atom. The van der Waals surface area contributed by atoms with Gasteiger partial charge in [-0.25, -0.2) is 8.42 Å². The summed E-state index contributed by atoms with van der Waals surface area (Å²) in [7, 11) is 0.762. The molecule has 0 bridgehead atoms. The molecule has 0 aliphatic carbocycles. The summed E-state index contributed by atoms with van der Waals surface area (Å²) in [4.78, 5) is 0.0824. The Morgan fingerprint density at radius 1 is 1.04 bits per heavy atom. The Bertz CT molecular complexity index is 775. The summed E-state index contributed by atoms with van der Waals surface area (Å²) in [5, 5.41) is 0. The molecule has 0 saturated heterocycles. The molecule has 2 aromatic carbocycles. The standard InChI is InChI=1S/C16H18BrNO4S/c1-18(11-12-4-6-13(17)7-5-12)23(19,20)16-10-14(21-2)8-9-15(16)22-3/h4-10H,11H2,1-3H3. The van der Waals surface area contributed by atoms with Crippen LogP contribution in [0.3, 0.4) is 0 Å². The lowest BCUT2D eigenvalue weighted by Gasteiger charge is -2.19. The van der Waals surface area contributed by atoms with E-state index >= 15 is 0 Å². The van der Waals surface area contributed by atoms with Crippen LogP contribution in [0.15, 0.2) is 51.8 Å². The first-order valence-corrected chi connectivity index (χ1v) is 9.04. The second-order valence-electron chi connectivity index (χ2n) is 4.90. The van der Waals surface area contributed by atoms with E-state index in [1.165, 1.54) is 31.6 Å². The van der Waals surface area contributed by atoms with E-state index in [0.29, 0.717) is 5.75 Å². The number of benzene rings is 2. The lowest BCUT2D eigenvalue weighted by Crippen LogP contribution is -2.27. The Labute approximate surface area is 145 Å². The SMILES string of the molecule is COc1ccc(OC)c(S(=O)(=O)N(C)Cc2ccc(Br)cc2)c1. The van der Waals surface area contributed by atoms with Gasteiger partial charge in [-0.2, -0.15) is 4.31 Å². The van der Waals surface area contributed by atoms with Gasteiger partial charge in [0.1, 0.15) is 16.4 Å². The fourth-order valence-corrected chi connectivity index (χ4v) is 3.68. The minimum absolute atomic E-state index is 0.0824. The van der Waals surface area contributed by atoms with Crippen LogP contribution in [0.1, 0.15) is 5.56 Å². The van der Waals surface area contributed by atoms with Gasteiger partial charge in [-0.15, -0.1) is 0 Å². The Hall–Kier alpha value is -1.57. The third-order valence-electron chi connectivity index (χ3n) is 3.38. The zero-order valence-electron chi connectivity index (χ0n) is 13.1. The number of halogens is 1. The van der Waals surface area contributed by atoms with Crippen molar-refractivity contribution in [3.63, 3.8) is 0 Å².